The third kappa shape index (κ3) is 2.90. The minimum absolute atomic E-state index is 0.0995. The van der Waals surface area contributed by atoms with E-state index in [-0.39, 0.29) is 11.9 Å². The van der Waals surface area contributed by atoms with Crippen LogP contribution in [0.4, 0.5) is 5.82 Å². The van der Waals surface area contributed by atoms with Crippen LogP contribution >= 0.6 is 15.9 Å². The van der Waals surface area contributed by atoms with Gasteiger partial charge in [0.25, 0.3) is 0 Å². The molecule has 1 aliphatic heterocycles. The third-order valence-corrected chi connectivity index (χ3v) is 4.29. The number of nitrogens with zero attached hydrogens (tertiary/aromatic N) is 3. The van der Waals surface area contributed by atoms with Crippen molar-refractivity contribution in [3.63, 3.8) is 0 Å². The van der Waals surface area contributed by atoms with Gasteiger partial charge in [0.05, 0.1) is 4.47 Å². The molecule has 0 aliphatic carbocycles. The maximum Gasteiger partial charge on any atom is 0.246 e. The first-order valence-electron chi connectivity index (χ1n) is 6.32. The van der Waals surface area contributed by atoms with E-state index in [9.17, 15) is 4.79 Å². The number of amides is 1. The molecular weight excluding hydrogens is 308 g/mol. The number of likely N-dealkylation sites (N-methyl/N-ethyl adjacent to an activating group) is 1. The molecule has 1 aromatic rings. The molecule has 0 spiro atoms. The number of aromatic nitrogens is 1. The van der Waals surface area contributed by atoms with Crippen LogP contribution in [0.3, 0.4) is 0 Å². The van der Waals surface area contributed by atoms with Gasteiger partial charge in [0, 0.05) is 39.9 Å². The molecule has 0 aromatic carbocycles. The summed E-state index contributed by atoms with van der Waals surface area (Å²) in [5.41, 5.74) is 1.12. The summed E-state index contributed by atoms with van der Waals surface area (Å²) in [5, 5.41) is 3.27. The first kappa shape index (κ1) is 14.3. The molecule has 0 bridgehead atoms. The summed E-state index contributed by atoms with van der Waals surface area (Å²) < 4.78 is 0.966. The number of piperazine rings is 1. The maximum atomic E-state index is 12.3. The Labute approximate surface area is 122 Å². The van der Waals surface area contributed by atoms with E-state index in [1.807, 2.05) is 13.0 Å². The van der Waals surface area contributed by atoms with Crippen LogP contribution in [0.25, 0.3) is 0 Å². The first-order chi connectivity index (χ1) is 9.02. The minimum Gasteiger partial charge on any atom is -0.347 e. The summed E-state index contributed by atoms with van der Waals surface area (Å²) in [5.74, 6) is 0.948. The predicted octanol–water partition coefficient (Wildman–Crippen LogP) is 1.02. The maximum absolute atomic E-state index is 12.3. The van der Waals surface area contributed by atoms with Crippen LogP contribution in [-0.2, 0) is 4.79 Å². The smallest absolute Gasteiger partial charge is 0.246 e. The summed E-state index contributed by atoms with van der Waals surface area (Å²) in [4.78, 5) is 20.4. The fourth-order valence-corrected chi connectivity index (χ4v) is 2.66. The van der Waals surface area contributed by atoms with Crippen LogP contribution in [0.1, 0.15) is 5.56 Å². The molecule has 2 heterocycles. The highest BCUT2D eigenvalue weighted by Crippen LogP contribution is 2.28. The van der Waals surface area contributed by atoms with Crippen molar-refractivity contribution in [1.29, 1.82) is 0 Å². The minimum atomic E-state index is -0.200. The van der Waals surface area contributed by atoms with Gasteiger partial charge in [-0.2, -0.15) is 0 Å². The third-order valence-electron chi connectivity index (χ3n) is 3.31. The molecule has 2 rings (SSSR count). The number of anilines is 1. The number of nitrogens with one attached hydrogen (secondary N) is 1. The fraction of sp³-hybridized carbons (Fsp3) is 0.538. The number of pyridine rings is 1. The number of hydrogen-bond acceptors (Lipinski definition) is 4. The largest absolute Gasteiger partial charge is 0.347 e. The van der Waals surface area contributed by atoms with Crippen LogP contribution in [-0.4, -0.2) is 55.6 Å². The van der Waals surface area contributed by atoms with Crippen LogP contribution in [0.2, 0.25) is 0 Å². The quantitative estimate of drug-likeness (QED) is 0.881. The molecule has 1 atom stereocenters. The monoisotopic (exact) mass is 326 g/mol. The number of halogens is 1. The van der Waals surface area contributed by atoms with E-state index in [1.165, 1.54) is 0 Å². The SMILES string of the molecule is Cc1ccnc(N2CCNCC2C(=O)N(C)C)c1Br. The van der Waals surface area contributed by atoms with Crippen molar-refractivity contribution >= 4 is 27.7 Å². The zero-order valence-corrected chi connectivity index (χ0v) is 13.1. The highest BCUT2D eigenvalue weighted by molar-refractivity contribution is 9.10. The molecule has 1 amide bonds. The second-order valence-corrected chi connectivity index (χ2v) is 5.70. The molecule has 0 saturated carbocycles. The Morgan fingerprint density at radius 2 is 2.32 bits per heavy atom. The Morgan fingerprint density at radius 3 is 3.00 bits per heavy atom. The number of hydrogen-bond donors (Lipinski definition) is 1. The molecule has 19 heavy (non-hydrogen) atoms. The van der Waals surface area contributed by atoms with E-state index in [1.54, 1.807) is 25.2 Å². The van der Waals surface area contributed by atoms with E-state index in [2.05, 4.69) is 31.1 Å². The van der Waals surface area contributed by atoms with Gasteiger partial charge in [-0.1, -0.05) is 0 Å². The molecule has 1 aromatic heterocycles. The first-order valence-corrected chi connectivity index (χ1v) is 7.11. The van der Waals surface area contributed by atoms with E-state index in [4.69, 9.17) is 0 Å². The Kier molecular flexibility index (Phi) is 4.42. The summed E-state index contributed by atoms with van der Waals surface area (Å²) >= 11 is 3.58. The Balaban J connectivity index is 2.34. The van der Waals surface area contributed by atoms with Crippen LogP contribution in [0.15, 0.2) is 16.7 Å². The lowest BCUT2D eigenvalue weighted by Crippen LogP contribution is -2.58. The lowest BCUT2D eigenvalue weighted by molar-refractivity contribution is -0.130. The van der Waals surface area contributed by atoms with Crippen molar-refractivity contribution < 1.29 is 4.79 Å². The second-order valence-electron chi connectivity index (χ2n) is 4.91. The Hall–Kier alpha value is -1.14. The van der Waals surface area contributed by atoms with Gasteiger partial charge in [0.15, 0.2) is 0 Å². The Morgan fingerprint density at radius 1 is 1.58 bits per heavy atom. The lowest BCUT2D eigenvalue weighted by Gasteiger charge is -2.37. The van der Waals surface area contributed by atoms with Crippen LogP contribution in [0.5, 0.6) is 0 Å². The molecule has 5 nitrogen and oxygen atoms in total. The normalized spacial score (nSPS) is 19.4. The van der Waals surface area contributed by atoms with Gasteiger partial charge in [-0.25, -0.2) is 4.98 Å². The van der Waals surface area contributed by atoms with Gasteiger partial charge in [-0.05, 0) is 34.5 Å². The molecule has 0 radical (unpaired) electrons. The van der Waals surface area contributed by atoms with Crippen molar-refractivity contribution in [3.05, 3.63) is 22.3 Å². The summed E-state index contributed by atoms with van der Waals surface area (Å²) in [7, 11) is 3.57. The van der Waals surface area contributed by atoms with Crippen molar-refractivity contribution in [2.45, 2.75) is 13.0 Å². The number of aryl methyl sites for hydroxylation is 1. The van der Waals surface area contributed by atoms with E-state index in [0.717, 1.165) is 28.9 Å². The van der Waals surface area contributed by atoms with E-state index >= 15 is 0 Å². The fourth-order valence-electron chi connectivity index (χ4n) is 2.20. The summed E-state index contributed by atoms with van der Waals surface area (Å²) in [6.07, 6.45) is 1.79. The van der Waals surface area contributed by atoms with Crippen molar-refractivity contribution in [1.82, 2.24) is 15.2 Å². The Bertz CT molecular complexity index is 478. The number of carbonyl (C=O) groups excluding carboxylic acids is 1. The van der Waals surface area contributed by atoms with Crippen molar-refractivity contribution in [3.8, 4) is 0 Å². The summed E-state index contributed by atoms with van der Waals surface area (Å²) in [6.45, 7) is 4.32. The summed E-state index contributed by atoms with van der Waals surface area (Å²) in [6, 6.07) is 1.76. The second kappa shape index (κ2) is 5.88. The predicted molar refractivity (Wildman–Crippen MR) is 79.4 cm³/mol. The number of carbonyl (C=O) groups is 1. The molecule has 6 heteroatoms. The molecule has 1 fully saturated rings. The van der Waals surface area contributed by atoms with Gasteiger partial charge >= 0.3 is 0 Å². The molecule has 1 N–H and O–H groups in total. The zero-order valence-electron chi connectivity index (χ0n) is 11.5. The van der Waals surface area contributed by atoms with Gasteiger partial charge in [-0.15, -0.1) is 0 Å². The molecular formula is C13H19BrN4O. The number of rotatable bonds is 2. The topological polar surface area (TPSA) is 48.5 Å². The van der Waals surface area contributed by atoms with E-state index in [0.29, 0.717) is 6.54 Å². The van der Waals surface area contributed by atoms with Crippen LogP contribution < -0.4 is 10.2 Å². The standard InChI is InChI=1S/C13H19BrN4O/c1-9-4-5-16-12(11(9)14)18-7-6-15-8-10(18)13(19)17(2)3/h4-5,10,15H,6-8H2,1-3H3. The van der Waals surface area contributed by atoms with Crippen molar-refractivity contribution in [2.24, 2.45) is 0 Å². The van der Waals surface area contributed by atoms with E-state index < -0.39 is 0 Å². The molecule has 1 aliphatic rings. The highest BCUT2D eigenvalue weighted by atomic mass is 79.9. The molecule has 1 saturated heterocycles. The average molecular weight is 327 g/mol. The molecule has 1 unspecified atom stereocenters. The van der Waals surface area contributed by atoms with Gasteiger partial charge < -0.3 is 15.1 Å². The average Bonchev–Trinajstić information content (AvgIpc) is 2.41. The molecule has 104 valence electrons. The highest BCUT2D eigenvalue weighted by Gasteiger charge is 2.31. The van der Waals surface area contributed by atoms with Gasteiger partial charge in [0.2, 0.25) is 5.91 Å². The van der Waals surface area contributed by atoms with Gasteiger partial charge in [0.1, 0.15) is 11.9 Å². The van der Waals surface area contributed by atoms with Crippen LogP contribution in [0, 0.1) is 6.92 Å². The zero-order chi connectivity index (χ0) is 14.0. The van der Waals surface area contributed by atoms with Gasteiger partial charge in [-0.3, -0.25) is 4.79 Å². The van der Waals surface area contributed by atoms with Crippen molar-refractivity contribution in [2.75, 3.05) is 38.6 Å². The lowest BCUT2D eigenvalue weighted by atomic mass is 10.1.